The van der Waals surface area contributed by atoms with Crippen LogP contribution in [0.5, 0.6) is 0 Å². The average Bonchev–Trinajstić information content (AvgIpc) is 1.54. The van der Waals surface area contributed by atoms with Crippen LogP contribution < -0.4 is 0 Å². The number of esters is 10. The topological polar surface area (TPSA) is 263 Å². The number of carbonyl (C=O) groups is 10. The van der Waals surface area contributed by atoms with Gasteiger partial charge in [0.1, 0.15) is 24.4 Å². The lowest BCUT2D eigenvalue weighted by molar-refractivity contribution is -0.172. The zero-order chi connectivity index (χ0) is 71.7. The first kappa shape index (κ1) is 71.3. The summed E-state index contributed by atoms with van der Waals surface area (Å²) in [5, 5.41) is 0. The molecule has 30 unspecified atom stereocenters. The van der Waals surface area contributed by atoms with Crippen molar-refractivity contribution in [2.24, 2.45) is 175 Å². The number of fused-ring (bicyclic) bond motifs is 37. The smallest absolute Gasteiger partial charge is 0.344 e. The van der Waals surface area contributed by atoms with E-state index in [4.69, 9.17) is 47.4 Å². The van der Waals surface area contributed by atoms with Crippen molar-refractivity contribution in [3.63, 3.8) is 0 Å². The molecular formula is C81H114O20. The molecule has 0 N–H and O–H groups in total. The Balaban J connectivity index is 0.000000109. The van der Waals surface area contributed by atoms with Crippen LogP contribution in [0.1, 0.15) is 205 Å². The number of hydrogen-bond acceptors (Lipinski definition) is 20. The van der Waals surface area contributed by atoms with E-state index in [2.05, 4.69) is 0 Å². The summed E-state index contributed by atoms with van der Waals surface area (Å²) in [6.07, 6.45) is 18.0. The van der Waals surface area contributed by atoms with Gasteiger partial charge in [0.25, 0.3) is 0 Å². The van der Waals surface area contributed by atoms with E-state index in [-0.39, 0.29) is 103 Å². The molecule has 101 heavy (non-hydrogen) atoms. The molecule has 0 amide bonds. The fourth-order valence-corrected chi connectivity index (χ4v) is 26.3. The summed E-state index contributed by atoms with van der Waals surface area (Å²) >= 11 is 0. The molecule has 20 nitrogen and oxygen atoms in total. The predicted molar refractivity (Wildman–Crippen MR) is 359 cm³/mol. The van der Waals surface area contributed by atoms with E-state index >= 15 is 0 Å². The monoisotopic (exact) mass is 1410 g/mol. The standard InChI is InChI=1S/C23H32O6.2C20H28O4.C18H26O6/c1-4-22(2,3)20(25)28-11-17(24)29-16-9-12-7-14(16)19-15-8-13(18(12)19)10-23(15)5-6-27-21(23)26;2*1-4-20(2,3)19(22)24-14-6-9-5-11(14)16-12-7-10(15(9)16)13-8-23-18(21)17(12)13;1-4-17(2,3)15(20)23-10-14(19)24-13-8-11-7-12(13)18(9-11)5-6-22-16(18)21/h12-16,18-19H,4-11H2,1-3H3;2*9-17H,4-8H2,1-3H3;11-13H,4-10H2,1-3H3. The lowest BCUT2D eigenvalue weighted by Crippen LogP contribution is -2.46. The molecule has 0 radical (unpaired) electrons. The van der Waals surface area contributed by atoms with Gasteiger partial charge in [-0.1, -0.05) is 27.7 Å². The highest BCUT2D eigenvalue weighted by molar-refractivity contribution is 5.83. The van der Waals surface area contributed by atoms with Crippen LogP contribution in [-0.2, 0) is 95.3 Å². The summed E-state index contributed by atoms with van der Waals surface area (Å²) in [6.45, 7) is 24.7. The van der Waals surface area contributed by atoms with Crippen LogP contribution in [0.15, 0.2) is 0 Å². The molecule has 2 spiro atoms. The van der Waals surface area contributed by atoms with E-state index in [1.54, 1.807) is 13.8 Å². The van der Waals surface area contributed by atoms with Gasteiger partial charge in [0, 0.05) is 17.8 Å². The van der Waals surface area contributed by atoms with E-state index in [1.807, 2.05) is 69.2 Å². The number of ether oxygens (including phenoxy) is 10. The quantitative estimate of drug-likeness (QED) is 0.0789. The highest BCUT2D eigenvalue weighted by Crippen LogP contribution is 2.76. The maximum absolute atomic E-state index is 12.5. The largest absolute Gasteiger partial charge is 0.465 e. The Morgan fingerprint density at radius 1 is 0.376 bits per heavy atom. The molecule has 558 valence electrons. The zero-order valence-corrected chi connectivity index (χ0v) is 62.0. The number of rotatable bonds is 16. The minimum Gasteiger partial charge on any atom is -0.465 e. The van der Waals surface area contributed by atoms with E-state index < -0.39 is 45.0 Å². The molecule has 4 heterocycles. The van der Waals surface area contributed by atoms with Crippen LogP contribution in [0.2, 0.25) is 0 Å². The Kier molecular flexibility index (Phi) is 18.2. The summed E-state index contributed by atoms with van der Waals surface area (Å²) in [4.78, 5) is 123. The third kappa shape index (κ3) is 11.4. The first-order chi connectivity index (χ1) is 47.9. The van der Waals surface area contributed by atoms with Gasteiger partial charge in [-0.05, 0) is 290 Å². The van der Waals surface area contributed by atoms with Crippen molar-refractivity contribution in [3.8, 4) is 0 Å². The van der Waals surface area contributed by atoms with Crippen molar-refractivity contribution >= 4 is 59.7 Å². The summed E-state index contributed by atoms with van der Waals surface area (Å²) < 4.78 is 55.0. The molecular weight excluding hydrogens is 1290 g/mol. The van der Waals surface area contributed by atoms with Gasteiger partial charge >= 0.3 is 59.7 Å². The van der Waals surface area contributed by atoms with Crippen LogP contribution in [0.25, 0.3) is 0 Å². The Morgan fingerprint density at radius 3 is 1.21 bits per heavy atom. The fraction of sp³-hybridized carbons (Fsp3) is 0.877. The van der Waals surface area contributed by atoms with Gasteiger partial charge in [-0.25, -0.2) is 9.59 Å². The molecule has 18 rings (SSSR count). The Bertz CT molecular complexity index is 3240. The summed E-state index contributed by atoms with van der Waals surface area (Å²) in [6, 6.07) is 0. The maximum Gasteiger partial charge on any atom is 0.344 e. The summed E-state index contributed by atoms with van der Waals surface area (Å²) in [5.41, 5.74) is -2.69. The van der Waals surface area contributed by atoms with Gasteiger partial charge in [-0.15, -0.1) is 0 Å². The number of cyclic esters (lactones) is 4. The van der Waals surface area contributed by atoms with Crippen molar-refractivity contribution in [1.82, 2.24) is 0 Å². The molecule has 18 fully saturated rings. The van der Waals surface area contributed by atoms with E-state index in [9.17, 15) is 47.9 Å². The highest BCUT2D eigenvalue weighted by Gasteiger charge is 2.75. The second-order valence-electron chi connectivity index (χ2n) is 38.0. The average molecular weight is 1410 g/mol. The zero-order valence-electron chi connectivity index (χ0n) is 62.0. The second kappa shape index (κ2) is 25.7. The van der Waals surface area contributed by atoms with Crippen LogP contribution in [0, 0.1) is 175 Å². The first-order valence-corrected chi connectivity index (χ1v) is 39.7. The van der Waals surface area contributed by atoms with Crippen LogP contribution in [-0.4, -0.2) is 124 Å². The number of hydrogen-bond donors (Lipinski definition) is 0. The van der Waals surface area contributed by atoms with Crippen molar-refractivity contribution in [2.45, 2.75) is 229 Å². The Hall–Kier alpha value is -5.30. The third-order valence-corrected chi connectivity index (χ3v) is 32.3. The van der Waals surface area contributed by atoms with Crippen molar-refractivity contribution in [1.29, 1.82) is 0 Å². The van der Waals surface area contributed by atoms with Gasteiger partial charge in [0.05, 0.1) is 70.8 Å². The van der Waals surface area contributed by atoms with Crippen molar-refractivity contribution < 1.29 is 95.3 Å². The van der Waals surface area contributed by atoms with E-state index in [0.717, 1.165) is 95.3 Å². The second-order valence-corrected chi connectivity index (χ2v) is 38.0. The van der Waals surface area contributed by atoms with Gasteiger partial charge in [0.15, 0.2) is 13.2 Å². The van der Waals surface area contributed by atoms with Crippen molar-refractivity contribution in [2.75, 3.05) is 39.6 Å². The molecule has 20 heteroatoms. The molecule has 30 atom stereocenters. The normalized spacial score (nSPS) is 45.0. The predicted octanol–water partition coefficient (Wildman–Crippen LogP) is 11.5. The minimum atomic E-state index is -0.607. The lowest BCUT2D eigenvalue weighted by Gasteiger charge is -2.44. The van der Waals surface area contributed by atoms with Crippen LogP contribution in [0.4, 0.5) is 0 Å². The summed E-state index contributed by atoms with van der Waals surface area (Å²) in [7, 11) is 0. The van der Waals surface area contributed by atoms with Crippen LogP contribution in [0.3, 0.4) is 0 Å². The molecule has 18 aliphatic rings. The molecule has 14 bridgehead atoms. The fourth-order valence-electron chi connectivity index (χ4n) is 26.3. The lowest BCUT2D eigenvalue weighted by atomic mass is 9.60. The van der Waals surface area contributed by atoms with Gasteiger partial charge in [-0.3, -0.25) is 38.4 Å². The number of carbonyl (C=O) groups excluding carboxylic acids is 10. The SMILES string of the molecule is CCC(C)(C)C(=O)OC1CC2CC1C1C3CC(C4COC(=O)C43)C21.CCC(C)(C)C(=O)OC1CC2CC1C1C3CC(C4COC(=O)C43)C21.CCC(C)(C)C(=O)OCC(=O)OC1CC2CC1C1(CCOC1=O)C2.CCC(C)(C)C(=O)OCC(=O)OC1CC2CC1C1C2C2CC1C1(CCOC1=O)C2. The Morgan fingerprint density at radius 2 is 0.782 bits per heavy atom. The first-order valence-electron chi connectivity index (χ1n) is 39.7. The minimum absolute atomic E-state index is 0.0187. The molecule has 0 aromatic rings. The van der Waals surface area contributed by atoms with Gasteiger partial charge < -0.3 is 47.4 Å². The molecule has 0 aromatic carbocycles. The van der Waals surface area contributed by atoms with Crippen molar-refractivity contribution in [3.05, 3.63) is 0 Å². The molecule has 4 saturated heterocycles. The van der Waals surface area contributed by atoms with E-state index in [0.29, 0.717) is 152 Å². The third-order valence-electron chi connectivity index (χ3n) is 32.3. The van der Waals surface area contributed by atoms with Crippen LogP contribution >= 0.6 is 0 Å². The summed E-state index contributed by atoms with van der Waals surface area (Å²) in [5.74, 6) is 10.6. The Labute approximate surface area is 596 Å². The maximum atomic E-state index is 12.5. The molecule has 14 aliphatic carbocycles. The van der Waals surface area contributed by atoms with Gasteiger partial charge in [0.2, 0.25) is 0 Å². The van der Waals surface area contributed by atoms with E-state index in [1.165, 1.54) is 25.7 Å². The molecule has 4 aliphatic heterocycles. The highest BCUT2D eigenvalue weighted by atomic mass is 16.6. The molecule has 14 saturated carbocycles. The van der Waals surface area contributed by atoms with Gasteiger partial charge in [-0.2, -0.15) is 0 Å². The molecule has 0 aromatic heterocycles.